The summed E-state index contributed by atoms with van der Waals surface area (Å²) >= 11 is 3.04. The summed E-state index contributed by atoms with van der Waals surface area (Å²) in [5, 5.41) is 17.4. The normalized spacial score (nSPS) is 10.8. The third kappa shape index (κ3) is 4.67. The summed E-state index contributed by atoms with van der Waals surface area (Å²) in [6.07, 6.45) is 0.856. The lowest BCUT2D eigenvalue weighted by atomic mass is 10.1. The first kappa shape index (κ1) is 17.6. The second-order valence-corrected chi connectivity index (χ2v) is 7.61. The van der Waals surface area contributed by atoms with Crippen molar-refractivity contribution < 1.29 is 4.79 Å². The molecule has 0 radical (unpaired) electrons. The van der Waals surface area contributed by atoms with Crippen LogP contribution in [0.1, 0.15) is 16.0 Å². The maximum atomic E-state index is 12.0. The summed E-state index contributed by atoms with van der Waals surface area (Å²) in [6, 6.07) is 10.2. The Bertz CT molecular complexity index is 845. The standard InChI is InChI=1S/C17H19N5OS2/c1-12-5-6-15(13(2)10-12)22-17(19-20-21-22)25-11-16(23)18-8-7-14-4-3-9-24-14/h3-6,9-10H,7-8,11H2,1-2H3,(H,18,23). The van der Waals surface area contributed by atoms with Gasteiger partial charge in [-0.05, 0) is 53.8 Å². The van der Waals surface area contributed by atoms with E-state index in [4.69, 9.17) is 0 Å². The third-order valence-electron chi connectivity index (χ3n) is 3.63. The first-order chi connectivity index (χ1) is 12.1. The van der Waals surface area contributed by atoms with Crippen molar-refractivity contribution in [2.45, 2.75) is 25.4 Å². The number of rotatable bonds is 7. The molecule has 0 aliphatic carbocycles. The molecule has 0 saturated carbocycles. The highest BCUT2D eigenvalue weighted by Crippen LogP contribution is 2.21. The van der Waals surface area contributed by atoms with Gasteiger partial charge in [0.25, 0.3) is 0 Å². The molecular weight excluding hydrogens is 354 g/mol. The number of aromatic nitrogens is 4. The monoisotopic (exact) mass is 373 g/mol. The molecule has 2 heterocycles. The SMILES string of the molecule is Cc1ccc(-n2nnnc2SCC(=O)NCCc2cccs2)c(C)c1. The van der Waals surface area contributed by atoms with Crippen LogP contribution in [-0.2, 0) is 11.2 Å². The van der Waals surface area contributed by atoms with Crippen molar-refractivity contribution in [3.63, 3.8) is 0 Å². The van der Waals surface area contributed by atoms with Gasteiger partial charge in [0.2, 0.25) is 11.1 Å². The van der Waals surface area contributed by atoms with Gasteiger partial charge in [-0.2, -0.15) is 4.68 Å². The maximum absolute atomic E-state index is 12.0. The van der Waals surface area contributed by atoms with Gasteiger partial charge in [0.05, 0.1) is 11.4 Å². The molecule has 1 aromatic carbocycles. The molecular formula is C17H19N5OS2. The largest absolute Gasteiger partial charge is 0.355 e. The van der Waals surface area contributed by atoms with Crippen molar-refractivity contribution in [1.82, 2.24) is 25.5 Å². The van der Waals surface area contributed by atoms with E-state index in [-0.39, 0.29) is 11.7 Å². The smallest absolute Gasteiger partial charge is 0.230 e. The van der Waals surface area contributed by atoms with Crippen LogP contribution in [0.2, 0.25) is 0 Å². The van der Waals surface area contributed by atoms with Crippen LogP contribution in [-0.4, -0.2) is 38.4 Å². The van der Waals surface area contributed by atoms with Gasteiger partial charge in [0.15, 0.2) is 0 Å². The van der Waals surface area contributed by atoms with Crippen molar-refractivity contribution >= 4 is 29.0 Å². The zero-order chi connectivity index (χ0) is 17.6. The van der Waals surface area contributed by atoms with E-state index in [0.29, 0.717) is 11.7 Å². The summed E-state index contributed by atoms with van der Waals surface area (Å²) in [4.78, 5) is 13.3. The van der Waals surface area contributed by atoms with Crippen molar-refractivity contribution in [2.75, 3.05) is 12.3 Å². The van der Waals surface area contributed by atoms with Gasteiger partial charge in [-0.15, -0.1) is 16.4 Å². The van der Waals surface area contributed by atoms with E-state index in [1.54, 1.807) is 16.0 Å². The van der Waals surface area contributed by atoms with Gasteiger partial charge in [0, 0.05) is 11.4 Å². The molecule has 0 atom stereocenters. The van der Waals surface area contributed by atoms with Crippen molar-refractivity contribution in [2.24, 2.45) is 0 Å². The molecule has 3 aromatic rings. The Morgan fingerprint density at radius 2 is 2.20 bits per heavy atom. The van der Waals surface area contributed by atoms with E-state index in [0.717, 1.165) is 17.7 Å². The summed E-state index contributed by atoms with van der Waals surface area (Å²) in [6.45, 7) is 4.71. The number of tetrazole rings is 1. The van der Waals surface area contributed by atoms with Gasteiger partial charge in [-0.3, -0.25) is 4.79 Å². The highest BCUT2D eigenvalue weighted by atomic mass is 32.2. The van der Waals surface area contributed by atoms with E-state index in [9.17, 15) is 4.79 Å². The Balaban J connectivity index is 1.55. The van der Waals surface area contributed by atoms with Crippen LogP contribution in [0.3, 0.4) is 0 Å². The molecule has 1 amide bonds. The number of nitrogens with zero attached hydrogens (tertiary/aromatic N) is 4. The molecule has 25 heavy (non-hydrogen) atoms. The molecule has 8 heteroatoms. The predicted octanol–water partition coefficient (Wildman–Crippen LogP) is 2.79. The average Bonchev–Trinajstić information content (AvgIpc) is 3.24. The summed E-state index contributed by atoms with van der Waals surface area (Å²) in [5.74, 6) is 0.271. The number of carbonyl (C=O) groups excluding carboxylic acids is 1. The highest BCUT2D eigenvalue weighted by molar-refractivity contribution is 7.99. The maximum Gasteiger partial charge on any atom is 0.230 e. The van der Waals surface area contributed by atoms with E-state index < -0.39 is 0 Å². The zero-order valence-electron chi connectivity index (χ0n) is 14.1. The summed E-state index contributed by atoms with van der Waals surface area (Å²) < 4.78 is 1.68. The molecule has 3 rings (SSSR count). The lowest BCUT2D eigenvalue weighted by molar-refractivity contribution is -0.118. The van der Waals surface area contributed by atoms with Crippen LogP contribution in [0.15, 0.2) is 40.9 Å². The Kier molecular flexibility index (Phi) is 5.83. The molecule has 0 spiro atoms. The topological polar surface area (TPSA) is 72.7 Å². The van der Waals surface area contributed by atoms with Crippen LogP contribution in [0.4, 0.5) is 0 Å². The Morgan fingerprint density at radius 1 is 1.32 bits per heavy atom. The van der Waals surface area contributed by atoms with E-state index in [2.05, 4.69) is 33.0 Å². The molecule has 2 aromatic heterocycles. The first-order valence-electron chi connectivity index (χ1n) is 7.91. The van der Waals surface area contributed by atoms with Crippen LogP contribution in [0, 0.1) is 13.8 Å². The number of hydrogen-bond donors (Lipinski definition) is 1. The van der Waals surface area contributed by atoms with Gasteiger partial charge in [-0.25, -0.2) is 0 Å². The Labute approximate surface area is 154 Å². The van der Waals surface area contributed by atoms with Crippen molar-refractivity contribution in [3.05, 3.63) is 51.7 Å². The molecule has 0 bridgehead atoms. The van der Waals surface area contributed by atoms with E-state index in [1.165, 1.54) is 22.2 Å². The fourth-order valence-electron chi connectivity index (χ4n) is 2.42. The number of nitrogens with one attached hydrogen (secondary N) is 1. The van der Waals surface area contributed by atoms with Crippen LogP contribution in [0.5, 0.6) is 0 Å². The minimum atomic E-state index is -0.0169. The molecule has 0 fully saturated rings. The molecule has 0 aliphatic rings. The number of amides is 1. The molecule has 130 valence electrons. The first-order valence-corrected chi connectivity index (χ1v) is 9.78. The molecule has 0 unspecified atom stereocenters. The van der Waals surface area contributed by atoms with Crippen LogP contribution < -0.4 is 5.32 Å². The van der Waals surface area contributed by atoms with Crippen LogP contribution >= 0.6 is 23.1 Å². The molecule has 0 saturated heterocycles. The summed E-state index contributed by atoms with van der Waals surface area (Å²) in [5.41, 5.74) is 3.21. The van der Waals surface area contributed by atoms with Gasteiger partial charge < -0.3 is 5.32 Å². The fraction of sp³-hybridized carbons (Fsp3) is 0.294. The quantitative estimate of drug-likeness (QED) is 0.645. The number of thioether (sulfide) groups is 1. The second kappa shape index (κ2) is 8.26. The third-order valence-corrected chi connectivity index (χ3v) is 5.48. The van der Waals surface area contributed by atoms with Gasteiger partial charge in [0.1, 0.15) is 0 Å². The fourth-order valence-corrected chi connectivity index (χ4v) is 3.85. The summed E-state index contributed by atoms with van der Waals surface area (Å²) in [7, 11) is 0. The predicted molar refractivity (Wildman–Crippen MR) is 100 cm³/mol. The zero-order valence-corrected chi connectivity index (χ0v) is 15.7. The number of hydrogen-bond acceptors (Lipinski definition) is 6. The molecule has 1 N–H and O–H groups in total. The van der Waals surface area contributed by atoms with E-state index >= 15 is 0 Å². The van der Waals surface area contributed by atoms with E-state index in [1.807, 2.05) is 37.4 Å². The van der Waals surface area contributed by atoms with Crippen LogP contribution in [0.25, 0.3) is 5.69 Å². The average molecular weight is 374 g/mol. The number of thiophene rings is 1. The minimum absolute atomic E-state index is 0.0169. The van der Waals surface area contributed by atoms with Gasteiger partial charge >= 0.3 is 0 Å². The molecule has 6 nitrogen and oxygen atoms in total. The van der Waals surface area contributed by atoms with Crippen molar-refractivity contribution in [3.8, 4) is 5.69 Å². The molecule has 0 aliphatic heterocycles. The Hall–Kier alpha value is -2.19. The second-order valence-electron chi connectivity index (χ2n) is 5.63. The number of benzene rings is 1. The minimum Gasteiger partial charge on any atom is -0.355 e. The lowest BCUT2D eigenvalue weighted by Crippen LogP contribution is -2.27. The lowest BCUT2D eigenvalue weighted by Gasteiger charge is -2.08. The highest BCUT2D eigenvalue weighted by Gasteiger charge is 2.13. The number of aryl methyl sites for hydroxylation is 2. The Morgan fingerprint density at radius 3 is 2.96 bits per heavy atom. The number of carbonyl (C=O) groups is 1. The van der Waals surface area contributed by atoms with Crippen molar-refractivity contribution in [1.29, 1.82) is 0 Å². The van der Waals surface area contributed by atoms with Gasteiger partial charge in [-0.1, -0.05) is 35.5 Å².